The molecule has 3 rings (SSSR count). The van der Waals surface area contributed by atoms with Crippen LogP contribution in [0.25, 0.3) is 10.8 Å². The second-order valence-electron chi connectivity index (χ2n) is 5.33. The summed E-state index contributed by atoms with van der Waals surface area (Å²) in [6.07, 6.45) is 2.98. The van der Waals surface area contributed by atoms with Gasteiger partial charge in [-0.3, -0.25) is 9.59 Å². The van der Waals surface area contributed by atoms with Gasteiger partial charge in [0.25, 0.3) is 11.5 Å². The highest BCUT2D eigenvalue weighted by Crippen LogP contribution is 2.21. The topological polar surface area (TPSA) is 92.1 Å². The minimum atomic E-state index is -0.281. The van der Waals surface area contributed by atoms with Crippen molar-refractivity contribution < 1.29 is 4.79 Å². The monoisotopic (exact) mass is 286 g/mol. The molecule has 0 radical (unpaired) electrons. The van der Waals surface area contributed by atoms with Crippen LogP contribution in [0.5, 0.6) is 0 Å². The van der Waals surface area contributed by atoms with Crippen molar-refractivity contribution in [1.82, 2.24) is 15.1 Å². The zero-order valence-corrected chi connectivity index (χ0v) is 11.7. The van der Waals surface area contributed by atoms with Crippen LogP contribution in [0.2, 0.25) is 0 Å². The van der Waals surface area contributed by atoms with E-state index in [1.165, 1.54) is 0 Å². The van der Waals surface area contributed by atoms with Crippen molar-refractivity contribution >= 4 is 16.7 Å². The van der Waals surface area contributed by atoms with E-state index in [9.17, 15) is 9.59 Å². The summed E-state index contributed by atoms with van der Waals surface area (Å²) in [5.74, 6) is -0.155. The standard InChI is InChI=1S/C15H18N4O2/c16-9-10-5-3-4-8-19(10)15(21)13-11-6-1-2-7-12(11)14(20)18-17-13/h1-2,6-7,10H,3-5,8-9,16H2,(H,18,20). The van der Waals surface area contributed by atoms with Gasteiger partial charge in [-0.1, -0.05) is 18.2 Å². The fraction of sp³-hybridized carbons (Fsp3) is 0.400. The number of likely N-dealkylation sites (tertiary alicyclic amines) is 1. The summed E-state index contributed by atoms with van der Waals surface area (Å²) < 4.78 is 0. The molecule has 6 nitrogen and oxygen atoms in total. The number of aromatic nitrogens is 2. The van der Waals surface area contributed by atoms with E-state index in [-0.39, 0.29) is 17.5 Å². The number of hydrogen-bond donors (Lipinski definition) is 2. The second kappa shape index (κ2) is 5.65. The van der Waals surface area contributed by atoms with Crippen LogP contribution >= 0.6 is 0 Å². The summed E-state index contributed by atoms with van der Waals surface area (Å²) in [4.78, 5) is 26.4. The zero-order valence-electron chi connectivity index (χ0n) is 11.7. The highest BCUT2D eigenvalue weighted by Gasteiger charge is 2.28. The molecule has 110 valence electrons. The molecule has 0 saturated carbocycles. The van der Waals surface area contributed by atoms with E-state index in [0.29, 0.717) is 29.6 Å². The number of amides is 1. The van der Waals surface area contributed by atoms with Gasteiger partial charge in [0, 0.05) is 24.5 Å². The van der Waals surface area contributed by atoms with Gasteiger partial charge in [0.1, 0.15) is 0 Å². The number of carbonyl (C=O) groups is 1. The summed E-state index contributed by atoms with van der Waals surface area (Å²) in [6.45, 7) is 1.14. The molecule has 1 aromatic carbocycles. The molecule has 1 amide bonds. The largest absolute Gasteiger partial charge is 0.333 e. The highest BCUT2D eigenvalue weighted by molar-refractivity contribution is 6.04. The lowest BCUT2D eigenvalue weighted by molar-refractivity contribution is 0.0618. The van der Waals surface area contributed by atoms with Crippen molar-refractivity contribution in [2.24, 2.45) is 5.73 Å². The first-order chi connectivity index (χ1) is 10.2. The van der Waals surface area contributed by atoms with Crippen LogP contribution < -0.4 is 11.3 Å². The number of fused-ring (bicyclic) bond motifs is 1. The van der Waals surface area contributed by atoms with Gasteiger partial charge < -0.3 is 10.6 Å². The SMILES string of the molecule is NCC1CCCCN1C(=O)c1n[nH]c(=O)c2ccccc12. The van der Waals surface area contributed by atoms with Crippen molar-refractivity contribution in [2.75, 3.05) is 13.1 Å². The molecule has 6 heteroatoms. The smallest absolute Gasteiger partial charge is 0.275 e. The third-order valence-corrected chi connectivity index (χ3v) is 4.06. The average molecular weight is 286 g/mol. The summed E-state index contributed by atoms with van der Waals surface area (Å²) in [6, 6.07) is 7.08. The number of benzene rings is 1. The van der Waals surface area contributed by atoms with Crippen molar-refractivity contribution in [2.45, 2.75) is 25.3 Å². The maximum atomic E-state index is 12.8. The Balaban J connectivity index is 2.05. The van der Waals surface area contributed by atoms with E-state index in [1.54, 1.807) is 29.2 Å². The fourth-order valence-electron chi connectivity index (χ4n) is 2.93. The van der Waals surface area contributed by atoms with Crippen LogP contribution in [0.1, 0.15) is 29.8 Å². The predicted molar refractivity (Wildman–Crippen MR) is 80.1 cm³/mol. The molecule has 1 saturated heterocycles. The number of piperidine rings is 1. The lowest BCUT2D eigenvalue weighted by Crippen LogP contribution is -2.47. The molecule has 1 fully saturated rings. The number of rotatable bonds is 2. The Morgan fingerprint density at radius 2 is 2.10 bits per heavy atom. The summed E-state index contributed by atoms with van der Waals surface area (Å²) in [5.41, 5.74) is 5.79. The maximum Gasteiger partial charge on any atom is 0.275 e. The van der Waals surface area contributed by atoms with Gasteiger partial charge in [-0.25, -0.2) is 5.10 Å². The van der Waals surface area contributed by atoms with Gasteiger partial charge in [0.2, 0.25) is 0 Å². The molecule has 1 aliphatic heterocycles. The number of hydrogen-bond acceptors (Lipinski definition) is 4. The summed E-state index contributed by atoms with van der Waals surface area (Å²) in [5, 5.41) is 7.47. The number of aromatic amines is 1. The van der Waals surface area contributed by atoms with Crippen LogP contribution in [0.3, 0.4) is 0 Å². The van der Waals surface area contributed by atoms with Crippen molar-refractivity contribution in [3.05, 3.63) is 40.3 Å². The molecule has 0 bridgehead atoms. The molecule has 1 aromatic heterocycles. The highest BCUT2D eigenvalue weighted by atomic mass is 16.2. The summed E-state index contributed by atoms with van der Waals surface area (Å²) in [7, 11) is 0. The second-order valence-corrected chi connectivity index (χ2v) is 5.33. The lowest BCUT2D eigenvalue weighted by atomic mass is 10.0. The number of nitrogens with two attached hydrogens (primary N) is 1. The van der Waals surface area contributed by atoms with Gasteiger partial charge in [-0.2, -0.15) is 5.10 Å². The Kier molecular flexibility index (Phi) is 3.70. The van der Waals surface area contributed by atoms with Crippen molar-refractivity contribution in [3.63, 3.8) is 0 Å². The Hall–Kier alpha value is -2.21. The van der Waals surface area contributed by atoms with Crippen molar-refractivity contribution in [1.29, 1.82) is 0 Å². The van der Waals surface area contributed by atoms with E-state index in [2.05, 4.69) is 10.2 Å². The van der Waals surface area contributed by atoms with E-state index in [1.807, 2.05) is 0 Å². The Bertz CT molecular complexity index is 725. The van der Waals surface area contributed by atoms with E-state index >= 15 is 0 Å². The maximum absolute atomic E-state index is 12.8. The van der Waals surface area contributed by atoms with Gasteiger partial charge >= 0.3 is 0 Å². The van der Waals surface area contributed by atoms with E-state index in [0.717, 1.165) is 19.3 Å². The number of carbonyl (C=O) groups excluding carboxylic acids is 1. The molecule has 0 aliphatic carbocycles. The molecule has 21 heavy (non-hydrogen) atoms. The molecule has 1 atom stereocenters. The first kappa shape index (κ1) is 13.8. The number of nitrogens with zero attached hydrogens (tertiary/aromatic N) is 2. The Morgan fingerprint density at radius 1 is 1.33 bits per heavy atom. The number of nitrogens with one attached hydrogen (secondary N) is 1. The summed E-state index contributed by atoms with van der Waals surface area (Å²) >= 11 is 0. The van der Waals surface area contributed by atoms with E-state index < -0.39 is 0 Å². The third-order valence-electron chi connectivity index (χ3n) is 4.06. The lowest BCUT2D eigenvalue weighted by Gasteiger charge is -2.34. The van der Waals surface area contributed by atoms with Crippen LogP contribution in [-0.2, 0) is 0 Å². The van der Waals surface area contributed by atoms with Crippen molar-refractivity contribution in [3.8, 4) is 0 Å². The molecule has 1 unspecified atom stereocenters. The van der Waals surface area contributed by atoms with Crippen LogP contribution in [0, 0.1) is 0 Å². The van der Waals surface area contributed by atoms with Crippen LogP contribution in [0.4, 0.5) is 0 Å². The van der Waals surface area contributed by atoms with Crippen LogP contribution in [-0.4, -0.2) is 40.1 Å². The normalized spacial score (nSPS) is 18.9. The third kappa shape index (κ3) is 2.42. The average Bonchev–Trinajstić information content (AvgIpc) is 2.55. The Morgan fingerprint density at radius 3 is 2.86 bits per heavy atom. The minimum Gasteiger partial charge on any atom is -0.333 e. The molecular weight excluding hydrogens is 268 g/mol. The van der Waals surface area contributed by atoms with Gasteiger partial charge in [0.05, 0.1) is 5.39 Å². The Labute approximate surface area is 121 Å². The van der Waals surface area contributed by atoms with Gasteiger partial charge in [-0.05, 0) is 25.3 Å². The van der Waals surface area contributed by atoms with E-state index in [4.69, 9.17) is 5.73 Å². The molecular formula is C15H18N4O2. The molecule has 0 spiro atoms. The molecule has 3 N–H and O–H groups in total. The van der Waals surface area contributed by atoms with Gasteiger partial charge in [0.15, 0.2) is 5.69 Å². The minimum absolute atomic E-state index is 0.0544. The molecule has 2 heterocycles. The fourth-order valence-corrected chi connectivity index (χ4v) is 2.93. The first-order valence-corrected chi connectivity index (χ1v) is 7.21. The molecule has 1 aliphatic rings. The zero-order chi connectivity index (χ0) is 14.8. The molecule has 2 aromatic rings. The predicted octanol–water partition coefficient (Wildman–Crippen LogP) is 0.876. The first-order valence-electron chi connectivity index (χ1n) is 7.21. The number of H-pyrrole nitrogens is 1. The van der Waals surface area contributed by atoms with Crippen LogP contribution in [0.15, 0.2) is 29.1 Å². The quantitative estimate of drug-likeness (QED) is 0.857. The van der Waals surface area contributed by atoms with Gasteiger partial charge in [-0.15, -0.1) is 0 Å².